The molecule has 1 N–H and O–H groups in total. The molecule has 2 heterocycles. The number of fused-ring (bicyclic) bond motifs is 3. The lowest BCUT2D eigenvalue weighted by molar-refractivity contribution is 0.0939. The van der Waals surface area contributed by atoms with Crippen molar-refractivity contribution in [2.75, 3.05) is 13.7 Å². The van der Waals surface area contributed by atoms with Crippen LogP contribution in [-0.4, -0.2) is 28.8 Å². The Morgan fingerprint density at radius 1 is 1.06 bits per heavy atom. The van der Waals surface area contributed by atoms with E-state index in [1.165, 1.54) is 6.07 Å². The third-order valence-corrected chi connectivity index (χ3v) is 5.46. The average Bonchev–Trinajstić information content (AvgIpc) is 3.27. The standard InChI is InChI=1S/C24H25F2N3O2/c1-15(2)29-20-7-5-4-6-17(20)23-21(29)13-22(28(23)10-11-31-3)24(30)27-14-16-8-9-18(25)19(26)12-16/h4-9,12-13,15H,10-11,14H2,1-3H3,(H,27,30). The number of carbonyl (C=O) groups excluding carboxylic acids is 1. The van der Waals surface area contributed by atoms with Crippen molar-refractivity contribution in [3.8, 4) is 0 Å². The van der Waals surface area contributed by atoms with Gasteiger partial charge in [0.15, 0.2) is 11.6 Å². The molecule has 31 heavy (non-hydrogen) atoms. The molecular formula is C24H25F2N3O2. The topological polar surface area (TPSA) is 48.2 Å². The van der Waals surface area contributed by atoms with Gasteiger partial charge in [0.2, 0.25) is 0 Å². The van der Waals surface area contributed by atoms with E-state index >= 15 is 0 Å². The Hall–Kier alpha value is -3.19. The number of ether oxygens (including phenoxy) is 1. The quantitative estimate of drug-likeness (QED) is 0.451. The largest absolute Gasteiger partial charge is 0.383 e. The summed E-state index contributed by atoms with van der Waals surface area (Å²) in [5.41, 5.74) is 4.07. The summed E-state index contributed by atoms with van der Waals surface area (Å²) in [6, 6.07) is 13.9. The summed E-state index contributed by atoms with van der Waals surface area (Å²) >= 11 is 0. The van der Waals surface area contributed by atoms with E-state index in [2.05, 4.69) is 35.9 Å². The van der Waals surface area contributed by atoms with Crippen LogP contribution in [0.15, 0.2) is 48.5 Å². The van der Waals surface area contributed by atoms with Crippen molar-refractivity contribution in [3.05, 3.63) is 71.4 Å². The van der Waals surface area contributed by atoms with Crippen molar-refractivity contribution in [2.45, 2.75) is 33.0 Å². The maximum atomic E-state index is 13.5. The minimum Gasteiger partial charge on any atom is -0.383 e. The monoisotopic (exact) mass is 425 g/mol. The van der Waals surface area contributed by atoms with E-state index in [9.17, 15) is 13.6 Å². The molecule has 0 spiro atoms. The predicted molar refractivity (Wildman–Crippen MR) is 117 cm³/mol. The van der Waals surface area contributed by atoms with Gasteiger partial charge in [0.1, 0.15) is 5.69 Å². The first-order valence-corrected chi connectivity index (χ1v) is 10.3. The number of nitrogens with zero attached hydrogens (tertiary/aromatic N) is 2. The molecule has 5 nitrogen and oxygen atoms in total. The lowest BCUT2D eigenvalue weighted by atomic mass is 10.2. The molecule has 0 saturated carbocycles. The summed E-state index contributed by atoms with van der Waals surface area (Å²) in [6.07, 6.45) is 0. The number of aromatic nitrogens is 2. The third-order valence-electron chi connectivity index (χ3n) is 5.46. The molecule has 0 fully saturated rings. The lowest BCUT2D eigenvalue weighted by Gasteiger charge is -2.12. The predicted octanol–water partition coefficient (Wildman–Crippen LogP) is 5.03. The van der Waals surface area contributed by atoms with Crippen molar-refractivity contribution in [3.63, 3.8) is 0 Å². The van der Waals surface area contributed by atoms with Crippen LogP contribution < -0.4 is 5.32 Å². The minimum absolute atomic E-state index is 0.0979. The van der Waals surface area contributed by atoms with Crippen LogP contribution in [0.3, 0.4) is 0 Å². The molecule has 0 bridgehead atoms. The molecule has 2 aromatic carbocycles. The number of hydrogen-bond donors (Lipinski definition) is 1. The second-order valence-corrected chi connectivity index (χ2v) is 7.82. The summed E-state index contributed by atoms with van der Waals surface area (Å²) < 4.78 is 36.1. The van der Waals surface area contributed by atoms with E-state index in [1.807, 2.05) is 22.8 Å². The molecule has 4 rings (SSSR count). The van der Waals surface area contributed by atoms with Crippen LogP contribution in [0.4, 0.5) is 8.78 Å². The first kappa shape index (κ1) is 21.1. The van der Waals surface area contributed by atoms with Gasteiger partial charge in [-0.25, -0.2) is 8.78 Å². The second kappa shape index (κ2) is 8.51. The van der Waals surface area contributed by atoms with E-state index in [0.29, 0.717) is 24.4 Å². The van der Waals surface area contributed by atoms with Gasteiger partial charge >= 0.3 is 0 Å². The molecule has 0 radical (unpaired) electrons. The van der Waals surface area contributed by atoms with Gasteiger partial charge in [-0.05, 0) is 43.7 Å². The highest BCUT2D eigenvalue weighted by atomic mass is 19.2. The maximum absolute atomic E-state index is 13.5. The Morgan fingerprint density at radius 3 is 2.55 bits per heavy atom. The maximum Gasteiger partial charge on any atom is 0.268 e. The summed E-state index contributed by atoms with van der Waals surface area (Å²) in [5, 5.41) is 3.90. The van der Waals surface area contributed by atoms with Gasteiger partial charge in [-0.1, -0.05) is 24.3 Å². The molecule has 0 unspecified atom stereocenters. The zero-order valence-electron chi connectivity index (χ0n) is 17.8. The summed E-state index contributed by atoms with van der Waals surface area (Å²) in [7, 11) is 1.63. The number of hydrogen-bond acceptors (Lipinski definition) is 2. The molecule has 4 aromatic rings. The van der Waals surface area contributed by atoms with Crippen LogP contribution in [0.5, 0.6) is 0 Å². The van der Waals surface area contributed by atoms with Gasteiger partial charge in [0, 0.05) is 31.6 Å². The number of nitrogens with one attached hydrogen (secondary N) is 1. The van der Waals surface area contributed by atoms with Crippen molar-refractivity contribution in [1.29, 1.82) is 0 Å². The fraction of sp³-hybridized carbons (Fsp3) is 0.292. The molecule has 162 valence electrons. The van der Waals surface area contributed by atoms with E-state index < -0.39 is 11.6 Å². The second-order valence-electron chi connectivity index (χ2n) is 7.82. The SMILES string of the molecule is COCCn1c(C(=O)NCc2ccc(F)c(F)c2)cc2c1c1ccccc1n2C(C)C. The Balaban J connectivity index is 1.76. The van der Waals surface area contributed by atoms with Crippen LogP contribution in [0.25, 0.3) is 21.9 Å². The summed E-state index contributed by atoms with van der Waals surface area (Å²) in [5.74, 6) is -2.12. The van der Waals surface area contributed by atoms with Gasteiger partial charge in [-0.2, -0.15) is 0 Å². The molecule has 0 atom stereocenters. The molecule has 0 saturated heterocycles. The van der Waals surface area contributed by atoms with Gasteiger partial charge in [0.25, 0.3) is 5.91 Å². The van der Waals surface area contributed by atoms with Crippen molar-refractivity contribution in [1.82, 2.24) is 14.5 Å². The van der Waals surface area contributed by atoms with Crippen LogP contribution in [-0.2, 0) is 17.8 Å². The number of amides is 1. The summed E-state index contributed by atoms with van der Waals surface area (Å²) in [4.78, 5) is 13.1. The lowest BCUT2D eigenvalue weighted by Crippen LogP contribution is -2.26. The van der Waals surface area contributed by atoms with Crippen molar-refractivity contribution < 1.29 is 18.3 Å². The number of methoxy groups -OCH3 is 1. The van der Waals surface area contributed by atoms with Crippen LogP contribution in [0, 0.1) is 11.6 Å². The summed E-state index contributed by atoms with van der Waals surface area (Å²) in [6.45, 7) is 5.29. The highest BCUT2D eigenvalue weighted by Gasteiger charge is 2.22. The van der Waals surface area contributed by atoms with E-state index in [4.69, 9.17) is 4.74 Å². The van der Waals surface area contributed by atoms with E-state index in [-0.39, 0.29) is 18.5 Å². The molecular weight excluding hydrogens is 400 g/mol. The molecule has 2 aromatic heterocycles. The first-order valence-electron chi connectivity index (χ1n) is 10.3. The van der Waals surface area contributed by atoms with E-state index in [0.717, 1.165) is 34.1 Å². The zero-order chi connectivity index (χ0) is 22.1. The van der Waals surface area contributed by atoms with E-state index in [1.54, 1.807) is 7.11 Å². The number of carbonyl (C=O) groups is 1. The Labute approximate surface area is 179 Å². The number of benzene rings is 2. The molecule has 1 amide bonds. The third kappa shape index (κ3) is 3.81. The Bertz CT molecular complexity index is 1260. The average molecular weight is 425 g/mol. The Kier molecular flexibility index (Phi) is 5.78. The fourth-order valence-electron chi connectivity index (χ4n) is 4.10. The highest BCUT2D eigenvalue weighted by Crippen LogP contribution is 2.34. The normalized spacial score (nSPS) is 11.7. The molecule has 0 aliphatic carbocycles. The Morgan fingerprint density at radius 2 is 1.84 bits per heavy atom. The van der Waals surface area contributed by atoms with Crippen molar-refractivity contribution >= 4 is 27.8 Å². The van der Waals surface area contributed by atoms with Gasteiger partial charge < -0.3 is 19.2 Å². The highest BCUT2D eigenvalue weighted by molar-refractivity contribution is 6.10. The van der Waals surface area contributed by atoms with Crippen LogP contribution >= 0.6 is 0 Å². The minimum atomic E-state index is -0.932. The number of para-hydroxylation sites is 1. The van der Waals surface area contributed by atoms with Crippen LogP contribution in [0.2, 0.25) is 0 Å². The van der Waals surface area contributed by atoms with Crippen molar-refractivity contribution in [2.24, 2.45) is 0 Å². The van der Waals surface area contributed by atoms with Gasteiger partial charge in [0.05, 0.1) is 23.2 Å². The molecule has 7 heteroatoms. The zero-order valence-corrected chi connectivity index (χ0v) is 17.8. The number of rotatable bonds is 7. The number of halogens is 2. The first-order chi connectivity index (χ1) is 14.9. The van der Waals surface area contributed by atoms with Gasteiger partial charge in [-0.3, -0.25) is 4.79 Å². The molecule has 0 aliphatic heterocycles. The molecule has 0 aliphatic rings. The van der Waals surface area contributed by atoms with Crippen LogP contribution in [0.1, 0.15) is 35.9 Å². The smallest absolute Gasteiger partial charge is 0.268 e. The fourth-order valence-corrected chi connectivity index (χ4v) is 4.10. The van der Waals surface area contributed by atoms with Gasteiger partial charge in [-0.15, -0.1) is 0 Å².